The summed E-state index contributed by atoms with van der Waals surface area (Å²) >= 11 is 0. The van der Waals surface area contributed by atoms with Gasteiger partial charge in [0, 0.05) is 6.07 Å². The Morgan fingerprint density at radius 1 is 1.00 bits per heavy atom. The van der Waals surface area contributed by atoms with Crippen molar-refractivity contribution in [2.75, 3.05) is 27.9 Å². The molecule has 2 aromatic carbocycles. The zero-order chi connectivity index (χ0) is 11.9. The molecule has 0 saturated carbocycles. The highest BCUT2D eigenvalue weighted by Crippen LogP contribution is 2.36. The van der Waals surface area contributed by atoms with E-state index in [1.54, 1.807) is 0 Å². The van der Waals surface area contributed by atoms with Crippen LogP contribution in [0, 0.1) is 6.07 Å². The fourth-order valence-electron chi connectivity index (χ4n) is 2.46. The second-order valence-corrected chi connectivity index (χ2v) is 4.52. The van der Waals surface area contributed by atoms with Crippen LogP contribution in [0.4, 0.5) is 22.7 Å². The molecular formula is C14H13N4. The van der Waals surface area contributed by atoms with Gasteiger partial charge < -0.3 is 21.3 Å². The minimum Gasteiger partial charge on any atom is -0.366 e. The Hall–Kier alpha value is -2.36. The maximum Gasteiger partial charge on any atom is 0.123 e. The van der Waals surface area contributed by atoms with Gasteiger partial charge in [-0.3, -0.25) is 0 Å². The van der Waals surface area contributed by atoms with Gasteiger partial charge in [-0.05, 0) is 23.8 Å². The highest BCUT2D eigenvalue weighted by molar-refractivity contribution is 5.77. The summed E-state index contributed by atoms with van der Waals surface area (Å²) in [4.78, 5) is 0. The molecule has 0 aliphatic carbocycles. The third-order valence-electron chi connectivity index (χ3n) is 3.38. The Labute approximate surface area is 105 Å². The van der Waals surface area contributed by atoms with Crippen LogP contribution in [0.3, 0.4) is 0 Å². The highest BCUT2D eigenvalue weighted by atomic mass is 15.2. The third kappa shape index (κ3) is 1.39. The molecule has 1 radical (unpaired) electrons. The normalized spacial score (nSPS) is 16.0. The van der Waals surface area contributed by atoms with Gasteiger partial charge in [-0.25, -0.2) is 0 Å². The fraction of sp³-hybridized carbons (Fsp3) is 0.143. The Bertz CT molecular complexity index is 583. The van der Waals surface area contributed by atoms with Crippen molar-refractivity contribution in [3.05, 3.63) is 48.0 Å². The molecule has 1 unspecified atom stereocenters. The molecule has 0 aromatic heterocycles. The molecule has 18 heavy (non-hydrogen) atoms. The lowest BCUT2D eigenvalue weighted by Crippen LogP contribution is -2.12. The van der Waals surface area contributed by atoms with E-state index in [4.69, 9.17) is 0 Å². The van der Waals surface area contributed by atoms with Crippen LogP contribution >= 0.6 is 0 Å². The molecule has 89 valence electrons. The molecule has 4 rings (SSSR count). The van der Waals surface area contributed by atoms with Gasteiger partial charge in [0.2, 0.25) is 0 Å². The van der Waals surface area contributed by atoms with Crippen molar-refractivity contribution in [1.82, 2.24) is 0 Å². The van der Waals surface area contributed by atoms with Crippen LogP contribution in [0.25, 0.3) is 0 Å². The van der Waals surface area contributed by atoms with Gasteiger partial charge in [-0.15, -0.1) is 0 Å². The lowest BCUT2D eigenvalue weighted by Gasteiger charge is -2.13. The molecule has 0 spiro atoms. The van der Waals surface area contributed by atoms with Crippen molar-refractivity contribution in [2.24, 2.45) is 0 Å². The van der Waals surface area contributed by atoms with Crippen molar-refractivity contribution in [3.8, 4) is 0 Å². The third-order valence-corrected chi connectivity index (χ3v) is 3.38. The van der Waals surface area contributed by atoms with E-state index < -0.39 is 0 Å². The summed E-state index contributed by atoms with van der Waals surface area (Å²) in [5.41, 5.74) is 5.69. The molecule has 4 N–H and O–H groups in total. The predicted octanol–water partition coefficient (Wildman–Crippen LogP) is 2.82. The zero-order valence-corrected chi connectivity index (χ0v) is 9.75. The Balaban J connectivity index is 1.66. The van der Waals surface area contributed by atoms with Crippen LogP contribution in [-0.2, 0) is 0 Å². The van der Waals surface area contributed by atoms with E-state index in [1.165, 1.54) is 11.3 Å². The second-order valence-electron chi connectivity index (χ2n) is 4.52. The molecule has 2 aromatic rings. The summed E-state index contributed by atoms with van der Waals surface area (Å²) in [6, 6.07) is 15.6. The molecule has 2 aliphatic heterocycles. The summed E-state index contributed by atoms with van der Waals surface area (Å²) in [7, 11) is 0. The molecule has 4 heteroatoms. The first-order valence-electron chi connectivity index (χ1n) is 6.06. The van der Waals surface area contributed by atoms with Crippen molar-refractivity contribution >= 4 is 22.7 Å². The van der Waals surface area contributed by atoms with Crippen molar-refractivity contribution in [1.29, 1.82) is 0 Å². The van der Waals surface area contributed by atoms with Crippen molar-refractivity contribution < 1.29 is 0 Å². The first-order valence-corrected chi connectivity index (χ1v) is 6.06. The molecule has 2 aliphatic rings. The number of rotatable bonds is 1. The van der Waals surface area contributed by atoms with Crippen molar-refractivity contribution in [3.63, 3.8) is 0 Å². The lowest BCUT2D eigenvalue weighted by molar-refractivity contribution is 0.942. The summed E-state index contributed by atoms with van der Waals surface area (Å²) in [6.45, 7) is 0.804. The minimum atomic E-state index is 0.117. The van der Waals surface area contributed by atoms with Crippen LogP contribution in [0.2, 0.25) is 0 Å². The van der Waals surface area contributed by atoms with E-state index in [0.717, 1.165) is 23.7 Å². The molecule has 0 fully saturated rings. The minimum absolute atomic E-state index is 0.117. The molecule has 2 heterocycles. The van der Waals surface area contributed by atoms with E-state index in [2.05, 4.69) is 51.6 Å². The van der Waals surface area contributed by atoms with E-state index in [0.29, 0.717) is 0 Å². The maximum atomic E-state index is 3.45. The first kappa shape index (κ1) is 9.65. The smallest absolute Gasteiger partial charge is 0.123 e. The van der Waals surface area contributed by atoms with E-state index >= 15 is 0 Å². The average Bonchev–Trinajstić information content (AvgIpc) is 3.04. The average molecular weight is 237 g/mol. The maximum absolute atomic E-state index is 3.45. The van der Waals surface area contributed by atoms with Gasteiger partial charge in [-0.2, -0.15) is 0 Å². The van der Waals surface area contributed by atoms with E-state index in [9.17, 15) is 0 Å². The largest absolute Gasteiger partial charge is 0.366 e. The topological polar surface area (TPSA) is 48.1 Å². The van der Waals surface area contributed by atoms with Crippen molar-refractivity contribution in [2.45, 2.75) is 6.17 Å². The molecule has 0 saturated heterocycles. The number of benzene rings is 2. The quantitative estimate of drug-likeness (QED) is 0.616. The predicted molar refractivity (Wildman–Crippen MR) is 73.8 cm³/mol. The van der Waals surface area contributed by atoms with Gasteiger partial charge in [0.1, 0.15) is 6.17 Å². The SMILES string of the molecule is [c]1cccc2c1NC(c1ccc3c(c1)NCN3)N2. The van der Waals surface area contributed by atoms with Gasteiger partial charge >= 0.3 is 0 Å². The zero-order valence-electron chi connectivity index (χ0n) is 9.75. The fourth-order valence-corrected chi connectivity index (χ4v) is 2.46. The van der Waals surface area contributed by atoms with Crippen LogP contribution < -0.4 is 21.3 Å². The van der Waals surface area contributed by atoms with Crippen LogP contribution in [0.1, 0.15) is 11.7 Å². The summed E-state index contributed by atoms with van der Waals surface area (Å²) in [6.07, 6.45) is 0.117. The van der Waals surface area contributed by atoms with E-state index in [-0.39, 0.29) is 6.17 Å². The number of hydrogen-bond acceptors (Lipinski definition) is 4. The Morgan fingerprint density at radius 3 is 2.89 bits per heavy atom. The number of fused-ring (bicyclic) bond motifs is 2. The van der Waals surface area contributed by atoms with Crippen LogP contribution in [-0.4, -0.2) is 6.67 Å². The Kier molecular flexibility index (Phi) is 1.91. The lowest BCUT2D eigenvalue weighted by atomic mass is 10.1. The number of hydrogen-bond donors (Lipinski definition) is 4. The summed E-state index contributed by atoms with van der Waals surface area (Å²) in [5, 5.41) is 13.5. The molecular weight excluding hydrogens is 224 g/mol. The summed E-state index contributed by atoms with van der Waals surface area (Å²) in [5.74, 6) is 0. The van der Waals surface area contributed by atoms with Crippen LogP contribution in [0.15, 0.2) is 36.4 Å². The first-order chi connectivity index (χ1) is 8.90. The molecule has 1 atom stereocenters. The summed E-state index contributed by atoms with van der Waals surface area (Å²) < 4.78 is 0. The van der Waals surface area contributed by atoms with Gasteiger partial charge in [-0.1, -0.05) is 18.2 Å². The van der Waals surface area contributed by atoms with Crippen LogP contribution in [0.5, 0.6) is 0 Å². The van der Waals surface area contributed by atoms with Gasteiger partial charge in [0.25, 0.3) is 0 Å². The number of nitrogens with one attached hydrogen (secondary N) is 4. The number of anilines is 4. The van der Waals surface area contributed by atoms with E-state index in [1.807, 2.05) is 12.1 Å². The highest BCUT2D eigenvalue weighted by Gasteiger charge is 2.21. The Morgan fingerprint density at radius 2 is 1.94 bits per heavy atom. The monoisotopic (exact) mass is 237 g/mol. The molecule has 0 bridgehead atoms. The molecule has 4 nitrogen and oxygen atoms in total. The second kappa shape index (κ2) is 3.57. The van der Waals surface area contributed by atoms with Gasteiger partial charge in [0.05, 0.1) is 29.4 Å². The molecule has 0 amide bonds. The number of para-hydroxylation sites is 1. The standard InChI is InChI=1S/C14H13N4/c1-2-4-12-11(3-1)17-14(18-12)9-5-6-10-13(7-9)16-8-15-10/h1-3,5-7,14-18H,8H2. The van der Waals surface area contributed by atoms with Gasteiger partial charge in [0.15, 0.2) is 0 Å².